The van der Waals surface area contributed by atoms with E-state index in [4.69, 9.17) is 5.73 Å². The third-order valence-corrected chi connectivity index (χ3v) is 1.43. The van der Waals surface area contributed by atoms with E-state index >= 15 is 0 Å². The lowest BCUT2D eigenvalue weighted by atomic mass is 10.0. The third kappa shape index (κ3) is 1.48. The Hall–Kier alpha value is -0.440. The number of hydrogen-bond acceptors (Lipinski definition) is 1. The lowest BCUT2D eigenvalue weighted by Crippen LogP contribution is -2.24. The summed E-state index contributed by atoms with van der Waals surface area (Å²) < 4.78 is 24.5. The summed E-state index contributed by atoms with van der Waals surface area (Å²) in [5.41, 5.74) is 5.30. The predicted octanol–water partition coefficient (Wildman–Crippen LogP) is 1.30. The van der Waals surface area contributed by atoms with Gasteiger partial charge in [0.1, 0.15) is 5.83 Å². The van der Waals surface area contributed by atoms with Crippen LogP contribution in [0.4, 0.5) is 8.78 Å². The normalized spacial score (nSPS) is 36.1. The van der Waals surface area contributed by atoms with Crippen LogP contribution < -0.4 is 5.73 Å². The molecule has 0 saturated carbocycles. The fourth-order valence-electron chi connectivity index (χ4n) is 0.869. The second-order valence-corrected chi connectivity index (χ2v) is 2.26. The van der Waals surface area contributed by atoms with Crippen molar-refractivity contribution in [3.05, 3.63) is 11.9 Å². The molecule has 0 aliphatic heterocycles. The molecule has 0 bridgehead atoms. The van der Waals surface area contributed by atoms with Gasteiger partial charge in [-0.05, 0) is 18.9 Å². The Morgan fingerprint density at radius 1 is 1.56 bits per heavy atom. The quantitative estimate of drug-likeness (QED) is 0.529. The van der Waals surface area contributed by atoms with Gasteiger partial charge in [-0.15, -0.1) is 0 Å². The maximum Gasteiger partial charge on any atom is 0.151 e. The molecular weight excluding hydrogens is 124 g/mol. The summed E-state index contributed by atoms with van der Waals surface area (Å²) in [4.78, 5) is 0. The molecule has 3 heteroatoms. The molecule has 0 radical (unpaired) electrons. The monoisotopic (exact) mass is 133 g/mol. The van der Waals surface area contributed by atoms with Gasteiger partial charge >= 0.3 is 0 Å². The fourth-order valence-corrected chi connectivity index (χ4v) is 0.869. The molecule has 0 saturated heterocycles. The van der Waals surface area contributed by atoms with Crippen molar-refractivity contribution in [3.63, 3.8) is 0 Å². The van der Waals surface area contributed by atoms with Crippen molar-refractivity contribution in [2.45, 2.75) is 25.1 Å². The predicted molar refractivity (Wildman–Crippen MR) is 31.3 cm³/mol. The second kappa shape index (κ2) is 2.43. The Bertz CT molecular complexity index is 133. The van der Waals surface area contributed by atoms with E-state index in [0.717, 1.165) is 6.08 Å². The zero-order valence-corrected chi connectivity index (χ0v) is 4.98. The van der Waals surface area contributed by atoms with Crippen molar-refractivity contribution in [1.82, 2.24) is 0 Å². The highest BCUT2D eigenvalue weighted by Gasteiger charge is 2.19. The summed E-state index contributed by atoms with van der Waals surface area (Å²) >= 11 is 0. The third-order valence-electron chi connectivity index (χ3n) is 1.43. The maximum absolute atomic E-state index is 12.3. The molecule has 2 unspecified atom stereocenters. The molecule has 1 rings (SSSR count). The molecule has 0 aromatic carbocycles. The Morgan fingerprint density at radius 3 is 2.67 bits per heavy atom. The van der Waals surface area contributed by atoms with Crippen LogP contribution in [0, 0.1) is 0 Å². The zero-order valence-electron chi connectivity index (χ0n) is 4.98. The number of nitrogens with two attached hydrogens (primary N) is 1. The standard InChI is InChI=1S/C6H9F2N/c7-5-2-1-4(9)3-6(5)8/h3-5H,1-2,9H2. The van der Waals surface area contributed by atoms with Crippen LogP contribution in [0.5, 0.6) is 0 Å². The van der Waals surface area contributed by atoms with Gasteiger partial charge in [0, 0.05) is 6.04 Å². The van der Waals surface area contributed by atoms with Crippen molar-refractivity contribution in [2.24, 2.45) is 5.73 Å². The minimum atomic E-state index is -1.40. The first-order valence-electron chi connectivity index (χ1n) is 2.97. The molecule has 0 aromatic rings. The van der Waals surface area contributed by atoms with Gasteiger partial charge < -0.3 is 5.73 Å². The Balaban J connectivity index is 2.61. The number of hydrogen-bond donors (Lipinski definition) is 1. The highest BCUT2D eigenvalue weighted by atomic mass is 19.2. The van der Waals surface area contributed by atoms with Gasteiger partial charge in [-0.1, -0.05) is 0 Å². The first-order valence-corrected chi connectivity index (χ1v) is 2.97. The lowest BCUT2D eigenvalue weighted by molar-refractivity contribution is 0.284. The smallest absolute Gasteiger partial charge is 0.151 e. The summed E-state index contributed by atoms with van der Waals surface area (Å²) in [6, 6.07) is -0.281. The van der Waals surface area contributed by atoms with E-state index in [-0.39, 0.29) is 12.5 Å². The average Bonchev–Trinajstić information content (AvgIpc) is 1.80. The van der Waals surface area contributed by atoms with Crippen LogP contribution >= 0.6 is 0 Å². The molecule has 2 atom stereocenters. The summed E-state index contributed by atoms with van der Waals surface area (Å²) in [6.45, 7) is 0. The molecule has 9 heavy (non-hydrogen) atoms. The molecule has 1 aliphatic carbocycles. The summed E-state index contributed by atoms with van der Waals surface area (Å²) in [6.07, 6.45) is 0.525. The summed E-state index contributed by atoms with van der Waals surface area (Å²) in [5.74, 6) is -0.700. The van der Waals surface area contributed by atoms with Crippen LogP contribution in [0.15, 0.2) is 11.9 Å². The summed E-state index contributed by atoms with van der Waals surface area (Å²) in [5, 5.41) is 0. The van der Waals surface area contributed by atoms with E-state index in [9.17, 15) is 8.78 Å². The first-order chi connectivity index (χ1) is 4.20. The number of halogens is 2. The van der Waals surface area contributed by atoms with E-state index in [0.29, 0.717) is 6.42 Å². The van der Waals surface area contributed by atoms with Gasteiger partial charge in [0.25, 0.3) is 0 Å². The highest BCUT2D eigenvalue weighted by molar-refractivity contribution is 5.07. The Kier molecular flexibility index (Phi) is 1.81. The van der Waals surface area contributed by atoms with Gasteiger partial charge in [-0.3, -0.25) is 0 Å². The van der Waals surface area contributed by atoms with Crippen LogP contribution in [0.25, 0.3) is 0 Å². The number of alkyl halides is 1. The van der Waals surface area contributed by atoms with Gasteiger partial charge in [0.05, 0.1) is 0 Å². The lowest BCUT2D eigenvalue weighted by Gasteiger charge is -2.15. The molecule has 52 valence electrons. The average molecular weight is 133 g/mol. The molecule has 0 heterocycles. The van der Waals surface area contributed by atoms with E-state index in [1.165, 1.54) is 0 Å². The van der Waals surface area contributed by atoms with Crippen molar-refractivity contribution in [1.29, 1.82) is 0 Å². The van der Waals surface area contributed by atoms with Crippen molar-refractivity contribution in [3.8, 4) is 0 Å². The van der Waals surface area contributed by atoms with Gasteiger partial charge in [0.2, 0.25) is 0 Å². The molecule has 0 spiro atoms. The largest absolute Gasteiger partial charge is 0.324 e. The topological polar surface area (TPSA) is 26.0 Å². The minimum absolute atomic E-state index is 0.226. The summed E-state index contributed by atoms with van der Waals surface area (Å²) in [7, 11) is 0. The molecule has 0 fully saturated rings. The Labute approximate surface area is 52.5 Å². The molecule has 0 aromatic heterocycles. The molecule has 0 amide bonds. The maximum atomic E-state index is 12.3. The SMILES string of the molecule is NC1C=C(F)C(F)CC1. The van der Waals surface area contributed by atoms with Crippen LogP contribution in [0.2, 0.25) is 0 Å². The van der Waals surface area contributed by atoms with Gasteiger partial charge in [-0.2, -0.15) is 0 Å². The van der Waals surface area contributed by atoms with E-state index in [2.05, 4.69) is 0 Å². The van der Waals surface area contributed by atoms with Crippen LogP contribution in [-0.2, 0) is 0 Å². The van der Waals surface area contributed by atoms with Crippen LogP contribution in [0.1, 0.15) is 12.8 Å². The van der Waals surface area contributed by atoms with E-state index in [1.54, 1.807) is 0 Å². The minimum Gasteiger partial charge on any atom is -0.324 e. The van der Waals surface area contributed by atoms with E-state index in [1.807, 2.05) is 0 Å². The van der Waals surface area contributed by atoms with Gasteiger partial charge in [-0.25, -0.2) is 8.78 Å². The van der Waals surface area contributed by atoms with Crippen molar-refractivity contribution < 1.29 is 8.78 Å². The van der Waals surface area contributed by atoms with Crippen molar-refractivity contribution >= 4 is 0 Å². The molecule has 1 nitrogen and oxygen atoms in total. The van der Waals surface area contributed by atoms with Crippen molar-refractivity contribution in [2.75, 3.05) is 0 Å². The number of allylic oxidation sites excluding steroid dienone is 1. The van der Waals surface area contributed by atoms with Crippen LogP contribution in [-0.4, -0.2) is 12.2 Å². The Morgan fingerprint density at radius 2 is 2.22 bits per heavy atom. The zero-order chi connectivity index (χ0) is 6.85. The number of rotatable bonds is 0. The molecule has 1 aliphatic rings. The van der Waals surface area contributed by atoms with Gasteiger partial charge in [0.15, 0.2) is 6.17 Å². The van der Waals surface area contributed by atoms with E-state index < -0.39 is 12.0 Å². The second-order valence-electron chi connectivity index (χ2n) is 2.26. The van der Waals surface area contributed by atoms with Crippen LogP contribution in [0.3, 0.4) is 0 Å². The fraction of sp³-hybridized carbons (Fsp3) is 0.667. The molecule has 2 N–H and O–H groups in total. The first kappa shape index (κ1) is 6.68. The molecular formula is C6H9F2N. The highest BCUT2D eigenvalue weighted by Crippen LogP contribution is 2.20.